The van der Waals surface area contributed by atoms with E-state index in [1.165, 1.54) is 6.92 Å². The lowest BCUT2D eigenvalue weighted by Gasteiger charge is -2.09. The number of halogens is 4. The lowest BCUT2D eigenvalue weighted by Crippen LogP contribution is -2.08. The second kappa shape index (κ2) is 3.85. The summed E-state index contributed by atoms with van der Waals surface area (Å²) in [7, 11) is 0. The van der Waals surface area contributed by atoms with Gasteiger partial charge in [0, 0.05) is 6.20 Å². The minimum atomic E-state index is -4.52. The zero-order valence-electron chi connectivity index (χ0n) is 8.53. The molecule has 0 saturated heterocycles. The fourth-order valence-corrected chi connectivity index (χ4v) is 1.66. The van der Waals surface area contributed by atoms with E-state index in [9.17, 15) is 18.3 Å². The van der Waals surface area contributed by atoms with Gasteiger partial charge in [-0.05, 0) is 13.0 Å². The Morgan fingerprint density at radius 3 is 2.59 bits per heavy atom. The minimum absolute atomic E-state index is 0.00741. The Morgan fingerprint density at radius 1 is 1.41 bits per heavy atom. The average Bonchev–Trinajstić information content (AvgIpc) is 2.60. The van der Waals surface area contributed by atoms with Crippen LogP contribution < -0.4 is 0 Å². The van der Waals surface area contributed by atoms with Crippen molar-refractivity contribution in [2.75, 3.05) is 0 Å². The third-order valence-electron chi connectivity index (χ3n) is 2.19. The number of alkyl halides is 3. The van der Waals surface area contributed by atoms with Crippen molar-refractivity contribution in [2.45, 2.75) is 19.2 Å². The number of nitrogens with zero attached hydrogens (tertiary/aromatic N) is 3. The van der Waals surface area contributed by atoms with Crippen molar-refractivity contribution in [3.05, 3.63) is 28.7 Å². The van der Waals surface area contributed by atoms with Crippen LogP contribution in [0.2, 0.25) is 5.02 Å². The van der Waals surface area contributed by atoms with E-state index >= 15 is 0 Å². The SMILES string of the molecule is C[C@H](O)c1nnc2c(Cl)cc(C(F)(F)F)cn12. The van der Waals surface area contributed by atoms with Gasteiger partial charge in [0.25, 0.3) is 0 Å². The van der Waals surface area contributed by atoms with Gasteiger partial charge in [0.05, 0.1) is 10.6 Å². The molecule has 0 spiro atoms. The summed E-state index contributed by atoms with van der Waals surface area (Å²) in [5, 5.41) is 16.4. The number of aromatic nitrogens is 3. The molecular weight excluding hydrogens is 259 g/mol. The summed E-state index contributed by atoms with van der Waals surface area (Å²) >= 11 is 5.68. The number of fused-ring (bicyclic) bond motifs is 1. The third kappa shape index (κ3) is 2.07. The molecule has 8 heteroatoms. The molecule has 0 fully saturated rings. The van der Waals surface area contributed by atoms with Crippen LogP contribution in [0.15, 0.2) is 12.3 Å². The average molecular weight is 266 g/mol. The first-order valence-corrected chi connectivity index (χ1v) is 4.98. The monoisotopic (exact) mass is 265 g/mol. The highest BCUT2D eigenvalue weighted by molar-refractivity contribution is 6.33. The molecule has 17 heavy (non-hydrogen) atoms. The van der Waals surface area contributed by atoms with Crippen LogP contribution in [0.1, 0.15) is 24.4 Å². The molecule has 2 aromatic heterocycles. The van der Waals surface area contributed by atoms with Gasteiger partial charge in [-0.2, -0.15) is 13.2 Å². The Morgan fingerprint density at radius 2 is 2.06 bits per heavy atom. The molecule has 2 rings (SSSR count). The van der Waals surface area contributed by atoms with Crippen molar-refractivity contribution in [1.29, 1.82) is 0 Å². The summed E-state index contributed by atoms with van der Waals surface area (Å²) in [4.78, 5) is 0. The maximum absolute atomic E-state index is 12.6. The van der Waals surface area contributed by atoms with Gasteiger partial charge in [-0.1, -0.05) is 11.6 Å². The highest BCUT2D eigenvalue weighted by Crippen LogP contribution is 2.32. The summed E-state index contributed by atoms with van der Waals surface area (Å²) in [6.45, 7) is 1.38. The first-order chi connectivity index (χ1) is 7.80. The zero-order chi connectivity index (χ0) is 12.8. The molecule has 0 aliphatic rings. The minimum Gasteiger partial charge on any atom is -0.385 e. The van der Waals surface area contributed by atoms with Gasteiger partial charge in [-0.3, -0.25) is 4.40 Å². The number of rotatable bonds is 1. The van der Waals surface area contributed by atoms with E-state index in [0.29, 0.717) is 0 Å². The Balaban J connectivity index is 2.74. The second-order valence-corrected chi connectivity index (χ2v) is 3.91. The molecule has 0 aliphatic heterocycles. The van der Waals surface area contributed by atoms with E-state index in [4.69, 9.17) is 11.6 Å². The second-order valence-electron chi connectivity index (χ2n) is 3.50. The predicted molar refractivity (Wildman–Crippen MR) is 53.6 cm³/mol. The van der Waals surface area contributed by atoms with E-state index in [1.807, 2.05) is 0 Å². The highest BCUT2D eigenvalue weighted by Gasteiger charge is 2.32. The van der Waals surface area contributed by atoms with Crippen molar-refractivity contribution >= 4 is 17.2 Å². The van der Waals surface area contributed by atoms with Crippen LogP contribution in [0.4, 0.5) is 13.2 Å². The first kappa shape index (κ1) is 12.1. The molecule has 0 aliphatic carbocycles. The van der Waals surface area contributed by atoms with Gasteiger partial charge in [0.1, 0.15) is 6.10 Å². The van der Waals surface area contributed by atoms with Gasteiger partial charge in [-0.15, -0.1) is 10.2 Å². The molecule has 1 atom stereocenters. The molecule has 0 aromatic carbocycles. The smallest absolute Gasteiger partial charge is 0.385 e. The Hall–Kier alpha value is -1.34. The summed E-state index contributed by atoms with van der Waals surface area (Å²) < 4.78 is 38.7. The molecule has 0 saturated carbocycles. The first-order valence-electron chi connectivity index (χ1n) is 4.60. The summed E-state index contributed by atoms with van der Waals surface area (Å²) in [6.07, 6.45) is -4.74. The molecule has 2 heterocycles. The number of aliphatic hydroxyl groups excluding tert-OH is 1. The quantitative estimate of drug-likeness (QED) is 0.862. The molecular formula is C9H7ClF3N3O. The fraction of sp³-hybridized carbons (Fsp3) is 0.333. The largest absolute Gasteiger partial charge is 0.417 e. The lowest BCUT2D eigenvalue weighted by atomic mass is 10.2. The molecule has 1 N–H and O–H groups in total. The van der Waals surface area contributed by atoms with E-state index in [2.05, 4.69) is 10.2 Å². The van der Waals surface area contributed by atoms with E-state index in [1.54, 1.807) is 0 Å². The van der Waals surface area contributed by atoms with Crippen LogP contribution in [0.25, 0.3) is 5.65 Å². The van der Waals surface area contributed by atoms with Crippen molar-refractivity contribution in [2.24, 2.45) is 0 Å². The van der Waals surface area contributed by atoms with Crippen LogP contribution in [-0.2, 0) is 6.18 Å². The van der Waals surface area contributed by atoms with Gasteiger partial charge >= 0.3 is 6.18 Å². The Bertz CT molecular complexity index is 564. The summed E-state index contributed by atoms with van der Waals surface area (Å²) in [6, 6.07) is 0.775. The van der Waals surface area contributed by atoms with Crippen LogP contribution >= 0.6 is 11.6 Å². The molecule has 92 valence electrons. The standard InChI is InChI=1S/C9H7ClF3N3O/c1-4(17)7-14-15-8-6(10)2-5(3-16(7)8)9(11,12)13/h2-4,17H,1H3/t4-/m0/s1. The number of hydrogen-bond donors (Lipinski definition) is 1. The third-order valence-corrected chi connectivity index (χ3v) is 2.47. The maximum atomic E-state index is 12.6. The van der Waals surface area contributed by atoms with Gasteiger partial charge in [0.15, 0.2) is 11.5 Å². The summed E-state index contributed by atoms with van der Waals surface area (Å²) in [5.41, 5.74) is -0.840. The lowest BCUT2D eigenvalue weighted by molar-refractivity contribution is -0.137. The van der Waals surface area contributed by atoms with Gasteiger partial charge in [0.2, 0.25) is 0 Å². The molecule has 2 aromatic rings. The van der Waals surface area contributed by atoms with Crippen molar-refractivity contribution in [3.8, 4) is 0 Å². The Labute approximate surface area is 98.6 Å². The number of pyridine rings is 1. The van der Waals surface area contributed by atoms with Crippen molar-refractivity contribution < 1.29 is 18.3 Å². The van der Waals surface area contributed by atoms with Gasteiger partial charge < -0.3 is 5.11 Å². The molecule has 4 nitrogen and oxygen atoms in total. The van der Waals surface area contributed by atoms with Crippen molar-refractivity contribution in [3.63, 3.8) is 0 Å². The predicted octanol–water partition coefficient (Wildman–Crippen LogP) is 2.45. The zero-order valence-corrected chi connectivity index (χ0v) is 9.29. The van der Waals surface area contributed by atoms with Gasteiger partial charge in [-0.25, -0.2) is 0 Å². The van der Waals surface area contributed by atoms with Crippen LogP contribution in [-0.4, -0.2) is 19.7 Å². The maximum Gasteiger partial charge on any atom is 0.417 e. The molecule has 0 radical (unpaired) electrons. The molecule has 0 bridgehead atoms. The summed E-state index contributed by atoms with van der Waals surface area (Å²) in [5.74, 6) is 0.00741. The normalized spacial score (nSPS) is 14.2. The van der Waals surface area contributed by atoms with Crippen LogP contribution in [0.3, 0.4) is 0 Å². The number of aliphatic hydroxyl groups is 1. The highest BCUT2D eigenvalue weighted by atomic mass is 35.5. The Kier molecular flexibility index (Phi) is 2.75. The van der Waals surface area contributed by atoms with Crippen molar-refractivity contribution in [1.82, 2.24) is 14.6 Å². The molecule has 0 amide bonds. The molecule has 0 unspecified atom stereocenters. The van der Waals surface area contributed by atoms with E-state index in [0.717, 1.165) is 16.7 Å². The van der Waals surface area contributed by atoms with Crippen LogP contribution in [0.5, 0.6) is 0 Å². The topological polar surface area (TPSA) is 50.4 Å². The van der Waals surface area contributed by atoms with Crippen LogP contribution in [0, 0.1) is 0 Å². The fourth-order valence-electron chi connectivity index (χ4n) is 1.41. The van der Waals surface area contributed by atoms with E-state index < -0.39 is 17.8 Å². The number of hydrogen-bond acceptors (Lipinski definition) is 3. The van der Waals surface area contributed by atoms with E-state index in [-0.39, 0.29) is 16.5 Å².